The molecule has 0 N–H and O–H groups in total. The molecule has 42 heavy (non-hydrogen) atoms. The zero-order chi connectivity index (χ0) is 29.9. The van der Waals surface area contributed by atoms with Crippen molar-refractivity contribution in [2.75, 3.05) is 6.54 Å². The highest BCUT2D eigenvalue weighted by atomic mass is 31.2. The first-order valence-corrected chi connectivity index (χ1v) is 15.5. The van der Waals surface area contributed by atoms with Crippen molar-refractivity contribution in [3.63, 3.8) is 0 Å². The molecule has 1 aliphatic rings. The minimum Gasteiger partial charge on any atom is -0.459 e. The summed E-state index contributed by atoms with van der Waals surface area (Å²) < 4.78 is 26.5. The molecule has 8 nitrogen and oxygen atoms in total. The molecule has 0 aliphatic carbocycles. The van der Waals surface area contributed by atoms with Crippen molar-refractivity contribution in [3.05, 3.63) is 108 Å². The smallest absolute Gasteiger partial charge is 0.410 e. The monoisotopic (exact) mass is 592 g/mol. The SMILES string of the molecule is CC(C)N(C(C)C)P(OCc1ccccc1)O[C@@H]1C[C@H](C(=O)OCc2ccccc2)N(C(=O)OCc2ccccc2)C1. The van der Waals surface area contributed by atoms with Gasteiger partial charge in [0.25, 0.3) is 8.53 Å². The lowest BCUT2D eigenvalue weighted by molar-refractivity contribution is -0.149. The highest BCUT2D eigenvalue weighted by molar-refractivity contribution is 7.44. The van der Waals surface area contributed by atoms with Crippen LogP contribution in [-0.4, -0.2) is 52.4 Å². The fraction of sp³-hybridized carbons (Fsp3) is 0.394. The number of carbonyl (C=O) groups is 2. The van der Waals surface area contributed by atoms with Crippen LogP contribution in [0.3, 0.4) is 0 Å². The van der Waals surface area contributed by atoms with Gasteiger partial charge in [0.1, 0.15) is 19.3 Å². The lowest BCUT2D eigenvalue weighted by Gasteiger charge is -2.36. The van der Waals surface area contributed by atoms with Crippen molar-refractivity contribution < 1.29 is 28.1 Å². The molecule has 1 fully saturated rings. The molecule has 0 radical (unpaired) electrons. The third kappa shape index (κ3) is 9.10. The first-order valence-electron chi connectivity index (χ1n) is 14.4. The lowest BCUT2D eigenvalue weighted by Crippen LogP contribution is -2.41. The van der Waals surface area contributed by atoms with Gasteiger partial charge in [0.15, 0.2) is 0 Å². The van der Waals surface area contributed by atoms with Gasteiger partial charge in [-0.15, -0.1) is 0 Å². The summed E-state index contributed by atoms with van der Waals surface area (Å²) >= 11 is 0. The van der Waals surface area contributed by atoms with E-state index in [1.807, 2.05) is 91.0 Å². The van der Waals surface area contributed by atoms with Crippen LogP contribution in [0.2, 0.25) is 0 Å². The Morgan fingerprint density at radius 3 is 1.74 bits per heavy atom. The molecule has 3 atom stereocenters. The summed E-state index contributed by atoms with van der Waals surface area (Å²) in [4.78, 5) is 28.1. The second-order valence-corrected chi connectivity index (χ2v) is 12.2. The molecule has 0 aromatic heterocycles. The molecule has 0 bridgehead atoms. The summed E-state index contributed by atoms with van der Waals surface area (Å²) in [7, 11) is -1.50. The Bertz CT molecular complexity index is 1170. The molecule has 0 saturated carbocycles. The zero-order valence-electron chi connectivity index (χ0n) is 24.8. The average molecular weight is 593 g/mol. The van der Waals surface area contributed by atoms with Crippen molar-refractivity contribution in [1.29, 1.82) is 0 Å². The van der Waals surface area contributed by atoms with Gasteiger partial charge in [0.05, 0.1) is 19.3 Å². The largest absolute Gasteiger partial charge is 0.459 e. The molecule has 1 heterocycles. The number of nitrogens with zero attached hydrogens (tertiary/aromatic N) is 2. The Morgan fingerprint density at radius 1 is 0.762 bits per heavy atom. The van der Waals surface area contributed by atoms with Crippen LogP contribution in [0.5, 0.6) is 0 Å². The van der Waals surface area contributed by atoms with E-state index in [0.29, 0.717) is 6.61 Å². The Kier molecular flexibility index (Phi) is 11.9. The molecular formula is C33H41N2O6P. The molecular weight excluding hydrogens is 551 g/mol. The van der Waals surface area contributed by atoms with E-state index in [0.717, 1.165) is 16.7 Å². The molecule has 1 aliphatic heterocycles. The Hall–Kier alpha value is -3.29. The van der Waals surface area contributed by atoms with Gasteiger partial charge in [-0.2, -0.15) is 0 Å². The normalized spacial score (nSPS) is 17.5. The van der Waals surface area contributed by atoms with Crippen molar-refractivity contribution in [1.82, 2.24) is 9.57 Å². The van der Waals surface area contributed by atoms with Crippen molar-refractivity contribution in [2.24, 2.45) is 0 Å². The molecule has 1 amide bonds. The fourth-order valence-corrected chi connectivity index (χ4v) is 6.61. The van der Waals surface area contributed by atoms with E-state index in [1.165, 1.54) is 4.90 Å². The third-order valence-electron chi connectivity index (χ3n) is 6.87. The van der Waals surface area contributed by atoms with Gasteiger partial charge < -0.3 is 18.5 Å². The first kappa shape index (κ1) is 31.6. The van der Waals surface area contributed by atoms with Crippen LogP contribution in [0.4, 0.5) is 4.79 Å². The van der Waals surface area contributed by atoms with Crippen LogP contribution >= 0.6 is 8.53 Å². The molecule has 1 saturated heterocycles. The van der Waals surface area contributed by atoms with Crippen LogP contribution < -0.4 is 0 Å². The van der Waals surface area contributed by atoms with E-state index in [2.05, 4.69) is 32.4 Å². The van der Waals surface area contributed by atoms with Gasteiger partial charge in [-0.05, 0) is 44.4 Å². The van der Waals surface area contributed by atoms with Gasteiger partial charge in [-0.25, -0.2) is 14.3 Å². The number of ether oxygens (including phenoxy) is 2. The number of hydrogen-bond donors (Lipinski definition) is 0. The molecule has 1 unspecified atom stereocenters. The maximum absolute atomic E-state index is 13.3. The minimum absolute atomic E-state index is 0.106. The summed E-state index contributed by atoms with van der Waals surface area (Å²) in [5.74, 6) is -0.485. The van der Waals surface area contributed by atoms with E-state index in [-0.39, 0.29) is 38.3 Å². The number of likely N-dealkylation sites (tertiary alicyclic amines) is 1. The van der Waals surface area contributed by atoms with E-state index in [9.17, 15) is 9.59 Å². The maximum Gasteiger partial charge on any atom is 0.410 e. The fourth-order valence-electron chi connectivity index (χ4n) is 4.88. The van der Waals surface area contributed by atoms with E-state index < -0.39 is 32.7 Å². The molecule has 9 heteroatoms. The standard InChI is InChI=1S/C33H41N2O6P/c1-25(2)35(26(3)4)42(40-24-29-18-12-7-13-19-29)41-30-20-31(32(36)38-22-27-14-8-5-9-15-27)34(21-30)33(37)39-23-28-16-10-6-11-17-28/h5-19,25-26,30-31H,20-24H2,1-4H3/t30-,31-,42?/m1/s1. The van der Waals surface area contributed by atoms with Gasteiger partial charge >= 0.3 is 12.1 Å². The molecule has 3 aromatic carbocycles. The van der Waals surface area contributed by atoms with Gasteiger partial charge in [-0.1, -0.05) is 91.0 Å². The number of rotatable bonds is 13. The summed E-state index contributed by atoms with van der Waals surface area (Å²) in [5, 5.41) is 0. The van der Waals surface area contributed by atoms with Crippen molar-refractivity contribution in [3.8, 4) is 0 Å². The summed E-state index contributed by atoms with van der Waals surface area (Å²) in [6, 6.07) is 28.4. The third-order valence-corrected chi connectivity index (χ3v) is 9.00. The van der Waals surface area contributed by atoms with E-state index in [4.69, 9.17) is 18.5 Å². The molecule has 0 spiro atoms. The second-order valence-electron chi connectivity index (χ2n) is 10.8. The van der Waals surface area contributed by atoms with E-state index >= 15 is 0 Å². The minimum atomic E-state index is -1.50. The molecule has 4 rings (SSSR count). The molecule has 224 valence electrons. The van der Waals surface area contributed by atoms with Crippen molar-refractivity contribution >= 4 is 20.6 Å². The predicted octanol–water partition coefficient (Wildman–Crippen LogP) is 7.09. The lowest BCUT2D eigenvalue weighted by atomic mass is 10.2. The first-order chi connectivity index (χ1) is 20.3. The van der Waals surface area contributed by atoms with Crippen LogP contribution in [0.15, 0.2) is 91.0 Å². The van der Waals surface area contributed by atoms with Gasteiger partial charge in [0, 0.05) is 18.5 Å². The van der Waals surface area contributed by atoms with E-state index in [1.54, 1.807) is 0 Å². The average Bonchev–Trinajstić information content (AvgIpc) is 3.42. The Balaban J connectivity index is 1.49. The topological polar surface area (TPSA) is 77.5 Å². The number of benzene rings is 3. The number of amides is 1. The van der Waals surface area contributed by atoms with Crippen LogP contribution in [-0.2, 0) is 43.1 Å². The quantitative estimate of drug-likeness (QED) is 0.155. The van der Waals surface area contributed by atoms with Crippen LogP contribution in [0.25, 0.3) is 0 Å². The van der Waals surface area contributed by atoms with Crippen LogP contribution in [0, 0.1) is 0 Å². The number of esters is 1. The Morgan fingerprint density at radius 2 is 1.24 bits per heavy atom. The number of carbonyl (C=O) groups excluding carboxylic acids is 2. The van der Waals surface area contributed by atoms with Crippen molar-refractivity contribution in [2.45, 2.75) is 78.2 Å². The highest BCUT2D eigenvalue weighted by Crippen LogP contribution is 2.49. The maximum atomic E-state index is 13.3. The Labute approximate surface area is 250 Å². The number of hydrogen-bond acceptors (Lipinski definition) is 7. The second kappa shape index (κ2) is 15.8. The zero-order valence-corrected chi connectivity index (χ0v) is 25.7. The molecule has 3 aromatic rings. The predicted molar refractivity (Wildman–Crippen MR) is 163 cm³/mol. The summed E-state index contributed by atoms with van der Waals surface area (Å²) in [6.45, 7) is 9.24. The van der Waals surface area contributed by atoms with Gasteiger partial charge in [0.2, 0.25) is 0 Å². The van der Waals surface area contributed by atoms with Gasteiger partial charge in [-0.3, -0.25) is 4.90 Å². The summed E-state index contributed by atoms with van der Waals surface area (Å²) in [5.41, 5.74) is 2.78. The summed E-state index contributed by atoms with van der Waals surface area (Å²) in [6.07, 6.45) is -0.734. The van der Waals surface area contributed by atoms with Crippen LogP contribution in [0.1, 0.15) is 50.8 Å². The highest BCUT2D eigenvalue weighted by Gasteiger charge is 2.44.